The molecule has 0 aliphatic rings. The van der Waals surface area contributed by atoms with Crippen molar-refractivity contribution >= 4 is 11.9 Å². The lowest BCUT2D eigenvalue weighted by Gasteiger charge is -2.26. The van der Waals surface area contributed by atoms with Gasteiger partial charge in [-0.05, 0) is 50.0 Å². The summed E-state index contributed by atoms with van der Waals surface area (Å²) in [5, 5.41) is 42.0. The second-order valence-corrected chi connectivity index (χ2v) is 6.42. The Balaban J connectivity index is 0.000000541. The van der Waals surface area contributed by atoms with Crippen molar-refractivity contribution in [2.45, 2.75) is 38.4 Å². The molecule has 0 bridgehead atoms. The standard InChI is InChI=1S/C14H23NO.C4H6O6/c1-5-14(11(2)10-15(3)4)12-7-6-8-13(16)9-12;5-1(3(7)8)2(6)4(9)10/h6-9,11,14,16H,5,10H2,1-4H3;1-2,5-6H,(H,7,8)(H,9,10)/t11-,14+;1-,2-/m01/s1. The van der Waals surface area contributed by atoms with E-state index in [1.807, 2.05) is 12.1 Å². The Hall–Kier alpha value is -2.16. The molecule has 0 fully saturated rings. The highest BCUT2D eigenvalue weighted by Crippen LogP contribution is 2.30. The van der Waals surface area contributed by atoms with Crippen molar-refractivity contribution in [3.8, 4) is 5.75 Å². The molecule has 26 heavy (non-hydrogen) atoms. The molecule has 5 N–H and O–H groups in total. The van der Waals surface area contributed by atoms with E-state index >= 15 is 0 Å². The third-order valence-electron chi connectivity index (χ3n) is 3.88. The van der Waals surface area contributed by atoms with Gasteiger partial charge in [-0.1, -0.05) is 26.0 Å². The number of carbonyl (C=O) groups is 2. The Bertz CT molecular complexity index is 558. The molecule has 0 aliphatic carbocycles. The van der Waals surface area contributed by atoms with Gasteiger partial charge in [0.1, 0.15) is 5.75 Å². The number of nitrogens with zero attached hydrogens (tertiary/aromatic N) is 1. The number of phenolic OH excluding ortho intramolecular Hbond substituents is 1. The highest BCUT2D eigenvalue weighted by Gasteiger charge is 2.29. The first-order valence-corrected chi connectivity index (χ1v) is 8.26. The van der Waals surface area contributed by atoms with E-state index in [4.69, 9.17) is 20.4 Å². The smallest absolute Gasteiger partial charge is 0.335 e. The average molecular weight is 371 g/mol. The zero-order valence-electron chi connectivity index (χ0n) is 15.5. The van der Waals surface area contributed by atoms with Crippen molar-refractivity contribution in [1.82, 2.24) is 4.90 Å². The van der Waals surface area contributed by atoms with Gasteiger partial charge < -0.3 is 30.4 Å². The molecular formula is C18H29NO7. The first-order valence-electron chi connectivity index (χ1n) is 8.26. The molecule has 4 atom stereocenters. The molecule has 0 aromatic heterocycles. The fourth-order valence-corrected chi connectivity index (χ4v) is 2.70. The molecule has 0 saturated heterocycles. The van der Waals surface area contributed by atoms with Crippen LogP contribution in [0.2, 0.25) is 0 Å². The molecule has 1 rings (SSSR count). The zero-order valence-corrected chi connectivity index (χ0v) is 15.5. The normalized spacial score (nSPS) is 15.3. The van der Waals surface area contributed by atoms with Crippen LogP contribution in [-0.2, 0) is 9.59 Å². The van der Waals surface area contributed by atoms with E-state index in [9.17, 15) is 14.7 Å². The summed E-state index contributed by atoms with van der Waals surface area (Å²) in [6.45, 7) is 5.56. The minimum absolute atomic E-state index is 0.369. The van der Waals surface area contributed by atoms with E-state index in [2.05, 4.69) is 38.9 Å². The number of carboxylic acid groups (broad SMARTS) is 2. The van der Waals surface area contributed by atoms with Gasteiger partial charge in [0.05, 0.1) is 0 Å². The Morgan fingerprint density at radius 1 is 1.08 bits per heavy atom. The van der Waals surface area contributed by atoms with Crippen LogP contribution in [0.1, 0.15) is 31.7 Å². The quantitative estimate of drug-likeness (QED) is 0.455. The summed E-state index contributed by atoms with van der Waals surface area (Å²) in [6, 6.07) is 7.66. The lowest BCUT2D eigenvalue weighted by molar-refractivity contribution is -0.165. The molecule has 148 valence electrons. The largest absolute Gasteiger partial charge is 0.508 e. The van der Waals surface area contributed by atoms with Crippen molar-refractivity contribution in [2.75, 3.05) is 20.6 Å². The number of benzene rings is 1. The van der Waals surface area contributed by atoms with Crippen LogP contribution < -0.4 is 0 Å². The summed E-state index contributed by atoms with van der Waals surface area (Å²) in [5.41, 5.74) is 1.25. The lowest BCUT2D eigenvalue weighted by Crippen LogP contribution is -2.39. The summed E-state index contributed by atoms with van der Waals surface area (Å²) >= 11 is 0. The predicted molar refractivity (Wildman–Crippen MR) is 96.1 cm³/mol. The SMILES string of the molecule is CC[C@@H](c1cccc(O)c1)[C@@H](C)CN(C)C.O=C(O)[C@H](O)[C@@H](O)C(=O)O. The van der Waals surface area contributed by atoms with Crippen LogP contribution in [-0.4, -0.2) is 75.2 Å². The number of hydrogen-bond donors (Lipinski definition) is 5. The minimum atomic E-state index is -2.27. The second kappa shape index (κ2) is 11.5. The Morgan fingerprint density at radius 2 is 1.58 bits per heavy atom. The van der Waals surface area contributed by atoms with Crippen molar-refractivity contribution in [3.63, 3.8) is 0 Å². The van der Waals surface area contributed by atoms with E-state index < -0.39 is 24.1 Å². The molecule has 0 spiro atoms. The maximum absolute atomic E-state index is 9.77. The maximum Gasteiger partial charge on any atom is 0.335 e. The lowest BCUT2D eigenvalue weighted by atomic mass is 9.85. The first kappa shape index (κ1) is 23.8. The van der Waals surface area contributed by atoms with Crippen LogP contribution >= 0.6 is 0 Å². The number of aliphatic hydroxyl groups is 2. The number of aromatic hydroxyl groups is 1. The number of aliphatic hydroxyl groups excluding tert-OH is 2. The van der Waals surface area contributed by atoms with Crippen LogP contribution in [0.25, 0.3) is 0 Å². The number of rotatable bonds is 8. The van der Waals surface area contributed by atoms with Crippen LogP contribution in [0.5, 0.6) is 5.75 Å². The topological polar surface area (TPSA) is 139 Å². The molecule has 8 heteroatoms. The average Bonchev–Trinajstić information content (AvgIpc) is 2.53. The summed E-state index contributed by atoms with van der Waals surface area (Å²) in [5.74, 6) is -2.05. The molecule has 1 aromatic rings. The molecule has 8 nitrogen and oxygen atoms in total. The molecule has 0 unspecified atom stereocenters. The van der Waals surface area contributed by atoms with E-state index in [1.54, 1.807) is 6.07 Å². The Morgan fingerprint density at radius 3 is 1.92 bits per heavy atom. The number of carboxylic acids is 2. The van der Waals surface area contributed by atoms with Crippen LogP contribution in [0.15, 0.2) is 24.3 Å². The van der Waals surface area contributed by atoms with Crippen molar-refractivity contribution in [1.29, 1.82) is 0 Å². The van der Waals surface area contributed by atoms with Crippen molar-refractivity contribution in [2.24, 2.45) is 5.92 Å². The van der Waals surface area contributed by atoms with Gasteiger partial charge in [0, 0.05) is 6.54 Å². The molecule has 1 aromatic carbocycles. The van der Waals surface area contributed by atoms with Crippen LogP contribution in [0, 0.1) is 5.92 Å². The minimum Gasteiger partial charge on any atom is -0.508 e. The zero-order chi connectivity index (χ0) is 20.4. The predicted octanol–water partition coefficient (Wildman–Crippen LogP) is 0.961. The van der Waals surface area contributed by atoms with E-state index in [-0.39, 0.29) is 0 Å². The monoisotopic (exact) mass is 371 g/mol. The molecule has 0 radical (unpaired) electrons. The van der Waals surface area contributed by atoms with Gasteiger partial charge in [0.15, 0.2) is 12.2 Å². The van der Waals surface area contributed by atoms with Gasteiger partial charge in [-0.25, -0.2) is 9.59 Å². The summed E-state index contributed by atoms with van der Waals surface area (Å²) < 4.78 is 0. The summed E-state index contributed by atoms with van der Waals surface area (Å²) in [6.07, 6.45) is -3.42. The first-order chi connectivity index (χ1) is 12.0. The van der Waals surface area contributed by atoms with E-state index in [0.29, 0.717) is 17.6 Å². The Kier molecular flexibility index (Phi) is 10.5. The van der Waals surface area contributed by atoms with Crippen molar-refractivity contribution < 1.29 is 35.1 Å². The van der Waals surface area contributed by atoms with Crippen LogP contribution in [0.4, 0.5) is 0 Å². The summed E-state index contributed by atoms with van der Waals surface area (Å²) in [4.78, 5) is 21.8. The van der Waals surface area contributed by atoms with Gasteiger partial charge in [-0.2, -0.15) is 0 Å². The van der Waals surface area contributed by atoms with Gasteiger partial charge in [-0.15, -0.1) is 0 Å². The van der Waals surface area contributed by atoms with E-state index in [0.717, 1.165) is 13.0 Å². The molecule has 0 amide bonds. The number of hydrogen-bond acceptors (Lipinski definition) is 6. The highest BCUT2D eigenvalue weighted by molar-refractivity contribution is 5.83. The van der Waals surface area contributed by atoms with Gasteiger partial charge >= 0.3 is 11.9 Å². The van der Waals surface area contributed by atoms with E-state index in [1.165, 1.54) is 5.56 Å². The van der Waals surface area contributed by atoms with Gasteiger partial charge in [0.25, 0.3) is 0 Å². The molecule has 0 heterocycles. The number of phenols is 1. The third-order valence-corrected chi connectivity index (χ3v) is 3.88. The molecule has 0 saturated carbocycles. The highest BCUT2D eigenvalue weighted by atomic mass is 16.4. The van der Waals surface area contributed by atoms with Crippen LogP contribution in [0.3, 0.4) is 0 Å². The molecular weight excluding hydrogens is 342 g/mol. The molecule has 0 aliphatic heterocycles. The third kappa shape index (κ3) is 8.28. The second-order valence-electron chi connectivity index (χ2n) is 6.42. The van der Waals surface area contributed by atoms with Crippen molar-refractivity contribution in [3.05, 3.63) is 29.8 Å². The Labute approximate surface area is 153 Å². The summed E-state index contributed by atoms with van der Waals surface area (Å²) in [7, 11) is 4.21. The fraction of sp³-hybridized carbons (Fsp3) is 0.556. The number of aliphatic carboxylic acids is 2. The fourth-order valence-electron chi connectivity index (χ4n) is 2.70. The maximum atomic E-state index is 9.77. The van der Waals surface area contributed by atoms with Gasteiger partial charge in [-0.3, -0.25) is 0 Å². The van der Waals surface area contributed by atoms with Gasteiger partial charge in [0.2, 0.25) is 0 Å².